The Morgan fingerprint density at radius 3 is 2.67 bits per heavy atom. The van der Waals surface area contributed by atoms with Crippen LogP contribution in [0.3, 0.4) is 0 Å². The Hall–Kier alpha value is -1.27. The molecule has 1 aromatic carbocycles. The summed E-state index contributed by atoms with van der Waals surface area (Å²) in [7, 11) is 0. The zero-order valence-corrected chi connectivity index (χ0v) is 12.1. The first-order valence-electron chi connectivity index (χ1n) is 4.95. The zero-order chi connectivity index (χ0) is 13.1. The smallest absolute Gasteiger partial charge is 0.274 e. The molecule has 1 amide bonds. The summed E-state index contributed by atoms with van der Waals surface area (Å²) in [6.45, 7) is 0. The maximum absolute atomic E-state index is 13.5. The Balaban J connectivity index is 2.21. The highest BCUT2D eigenvalue weighted by Crippen LogP contribution is 2.20. The van der Waals surface area contributed by atoms with Gasteiger partial charge in [0.25, 0.3) is 5.91 Å². The summed E-state index contributed by atoms with van der Waals surface area (Å²) >= 11 is 6.31. The number of benzene rings is 1. The highest BCUT2D eigenvalue weighted by molar-refractivity contribution is 9.10. The van der Waals surface area contributed by atoms with Gasteiger partial charge in [-0.3, -0.25) is 4.79 Å². The molecule has 0 spiro atoms. The highest BCUT2D eigenvalue weighted by atomic mass is 79.9. The molecule has 1 heterocycles. The number of pyridine rings is 1. The second-order valence-corrected chi connectivity index (χ2v) is 5.15. The van der Waals surface area contributed by atoms with Crippen LogP contribution >= 0.6 is 31.9 Å². The minimum absolute atomic E-state index is 0.116. The molecule has 0 aliphatic rings. The van der Waals surface area contributed by atoms with Gasteiger partial charge < -0.3 is 5.32 Å². The topological polar surface area (TPSA) is 42.0 Å². The maximum Gasteiger partial charge on any atom is 0.274 e. The van der Waals surface area contributed by atoms with Gasteiger partial charge >= 0.3 is 0 Å². The molecule has 6 heteroatoms. The molecule has 2 rings (SSSR count). The molecular formula is C12H7Br2FN2O. The van der Waals surface area contributed by atoms with Crippen molar-refractivity contribution in [3.63, 3.8) is 0 Å². The summed E-state index contributed by atoms with van der Waals surface area (Å²) in [5, 5.41) is 2.46. The molecule has 0 saturated carbocycles. The molecule has 0 fully saturated rings. The number of hydrogen-bond donors (Lipinski definition) is 1. The first kappa shape index (κ1) is 13.2. The standard InChI is InChI=1S/C12H7Br2FN2O/c13-7-4-5-9(8(15)6-7)17-12(18)10-2-1-3-11(14)16-10/h1-6H,(H,17,18). The number of halogens is 3. The normalized spacial score (nSPS) is 10.2. The van der Waals surface area contributed by atoms with Crippen LogP contribution in [0.4, 0.5) is 10.1 Å². The SMILES string of the molecule is O=C(Nc1ccc(Br)cc1F)c1cccc(Br)n1. The van der Waals surface area contributed by atoms with Crippen LogP contribution in [-0.2, 0) is 0 Å². The number of rotatable bonds is 2. The highest BCUT2D eigenvalue weighted by Gasteiger charge is 2.10. The molecule has 0 aliphatic carbocycles. The molecule has 3 nitrogen and oxygen atoms in total. The average Bonchev–Trinajstić information content (AvgIpc) is 2.32. The fourth-order valence-corrected chi connectivity index (χ4v) is 1.99. The van der Waals surface area contributed by atoms with Crippen LogP contribution in [0.2, 0.25) is 0 Å². The summed E-state index contributed by atoms with van der Waals surface area (Å²) in [6, 6.07) is 9.35. The Kier molecular flexibility index (Phi) is 4.08. The lowest BCUT2D eigenvalue weighted by molar-refractivity contribution is 0.102. The molecule has 0 radical (unpaired) electrons. The lowest BCUT2D eigenvalue weighted by Gasteiger charge is -2.06. The quantitative estimate of drug-likeness (QED) is 0.808. The number of anilines is 1. The van der Waals surface area contributed by atoms with E-state index in [1.54, 1.807) is 24.3 Å². The third kappa shape index (κ3) is 3.14. The predicted octanol–water partition coefficient (Wildman–Crippen LogP) is 4.00. The van der Waals surface area contributed by atoms with Gasteiger partial charge in [-0.1, -0.05) is 22.0 Å². The third-order valence-corrected chi connectivity index (χ3v) is 3.06. The van der Waals surface area contributed by atoms with E-state index in [0.717, 1.165) is 0 Å². The Morgan fingerprint density at radius 2 is 2.00 bits per heavy atom. The number of carbonyl (C=O) groups excluding carboxylic acids is 1. The molecule has 0 saturated heterocycles. The van der Waals surface area contributed by atoms with Crippen LogP contribution in [-0.4, -0.2) is 10.9 Å². The monoisotopic (exact) mass is 372 g/mol. The number of amides is 1. The van der Waals surface area contributed by atoms with E-state index in [0.29, 0.717) is 9.08 Å². The van der Waals surface area contributed by atoms with Crippen molar-refractivity contribution in [2.45, 2.75) is 0 Å². The van der Waals surface area contributed by atoms with Gasteiger partial charge in [0.1, 0.15) is 16.1 Å². The van der Waals surface area contributed by atoms with Crippen LogP contribution in [0.15, 0.2) is 45.5 Å². The predicted molar refractivity (Wildman–Crippen MR) is 74.0 cm³/mol. The van der Waals surface area contributed by atoms with Crippen molar-refractivity contribution in [3.05, 3.63) is 57.0 Å². The van der Waals surface area contributed by atoms with Crippen LogP contribution in [0.25, 0.3) is 0 Å². The second kappa shape index (κ2) is 5.58. The number of carbonyl (C=O) groups is 1. The fraction of sp³-hybridized carbons (Fsp3) is 0. The van der Waals surface area contributed by atoms with E-state index >= 15 is 0 Å². The largest absolute Gasteiger partial charge is 0.318 e. The molecule has 0 aliphatic heterocycles. The van der Waals surface area contributed by atoms with E-state index in [9.17, 15) is 9.18 Å². The number of hydrogen-bond acceptors (Lipinski definition) is 2. The van der Waals surface area contributed by atoms with Crippen molar-refractivity contribution in [3.8, 4) is 0 Å². The molecule has 1 N–H and O–H groups in total. The first-order valence-corrected chi connectivity index (χ1v) is 6.54. The lowest BCUT2D eigenvalue weighted by atomic mass is 10.3. The number of nitrogens with one attached hydrogen (secondary N) is 1. The van der Waals surface area contributed by atoms with Gasteiger partial charge in [-0.25, -0.2) is 9.37 Å². The summed E-state index contributed by atoms with van der Waals surface area (Å²) in [4.78, 5) is 15.8. The summed E-state index contributed by atoms with van der Waals surface area (Å²) in [5.41, 5.74) is 0.330. The first-order chi connectivity index (χ1) is 8.56. The Labute approximate surface area is 120 Å². The summed E-state index contributed by atoms with van der Waals surface area (Å²) in [5.74, 6) is -0.967. The van der Waals surface area contributed by atoms with Gasteiger partial charge in [-0.15, -0.1) is 0 Å². The Bertz CT molecular complexity index is 604. The van der Waals surface area contributed by atoms with Crippen molar-refractivity contribution in [1.82, 2.24) is 4.98 Å². The van der Waals surface area contributed by atoms with Crippen LogP contribution in [0.5, 0.6) is 0 Å². The van der Waals surface area contributed by atoms with Gasteiger partial charge in [0.05, 0.1) is 5.69 Å². The third-order valence-electron chi connectivity index (χ3n) is 2.13. The Morgan fingerprint density at radius 1 is 1.22 bits per heavy atom. The van der Waals surface area contributed by atoms with Gasteiger partial charge in [0.2, 0.25) is 0 Å². The van der Waals surface area contributed by atoms with E-state index in [4.69, 9.17) is 0 Å². The molecule has 0 atom stereocenters. The minimum Gasteiger partial charge on any atom is -0.318 e. The van der Waals surface area contributed by atoms with E-state index in [1.807, 2.05) is 0 Å². The molecule has 92 valence electrons. The van der Waals surface area contributed by atoms with Gasteiger partial charge in [-0.2, -0.15) is 0 Å². The van der Waals surface area contributed by atoms with E-state index in [1.165, 1.54) is 12.1 Å². The minimum atomic E-state index is -0.507. The fourth-order valence-electron chi connectivity index (χ4n) is 1.31. The summed E-state index contributed by atoms with van der Waals surface area (Å²) in [6.07, 6.45) is 0. The van der Waals surface area contributed by atoms with Crippen molar-refractivity contribution in [2.75, 3.05) is 5.32 Å². The maximum atomic E-state index is 13.5. The van der Waals surface area contributed by atoms with Crippen molar-refractivity contribution in [1.29, 1.82) is 0 Å². The number of nitrogens with zero attached hydrogens (tertiary/aromatic N) is 1. The van der Waals surface area contributed by atoms with Gasteiger partial charge in [0.15, 0.2) is 0 Å². The molecule has 0 bridgehead atoms. The number of aromatic nitrogens is 1. The van der Waals surface area contributed by atoms with Crippen LogP contribution in [0, 0.1) is 5.82 Å². The second-order valence-electron chi connectivity index (χ2n) is 3.42. The van der Waals surface area contributed by atoms with E-state index in [2.05, 4.69) is 42.2 Å². The van der Waals surface area contributed by atoms with Crippen molar-refractivity contribution >= 4 is 43.5 Å². The molecule has 2 aromatic rings. The average molecular weight is 374 g/mol. The van der Waals surface area contributed by atoms with Crippen molar-refractivity contribution < 1.29 is 9.18 Å². The van der Waals surface area contributed by atoms with Gasteiger partial charge in [-0.05, 0) is 46.3 Å². The molecular weight excluding hydrogens is 367 g/mol. The van der Waals surface area contributed by atoms with Crippen LogP contribution in [0.1, 0.15) is 10.5 Å². The summed E-state index contributed by atoms with van der Waals surface area (Å²) < 4.78 is 14.7. The zero-order valence-electron chi connectivity index (χ0n) is 8.95. The molecule has 0 unspecified atom stereocenters. The van der Waals surface area contributed by atoms with E-state index in [-0.39, 0.29) is 11.4 Å². The molecule has 1 aromatic heterocycles. The lowest BCUT2D eigenvalue weighted by Crippen LogP contribution is -2.14. The molecule has 18 heavy (non-hydrogen) atoms. The van der Waals surface area contributed by atoms with Crippen LogP contribution < -0.4 is 5.32 Å². The van der Waals surface area contributed by atoms with Gasteiger partial charge in [0, 0.05) is 4.47 Å². The van der Waals surface area contributed by atoms with E-state index < -0.39 is 11.7 Å². The van der Waals surface area contributed by atoms with Crippen molar-refractivity contribution in [2.24, 2.45) is 0 Å².